The Morgan fingerprint density at radius 1 is 1.31 bits per heavy atom. The van der Waals surface area contributed by atoms with Crippen molar-refractivity contribution in [3.8, 4) is 0 Å². The molecule has 0 aliphatic rings. The minimum absolute atomic E-state index is 0.282. The molecule has 0 unspecified atom stereocenters. The highest BCUT2D eigenvalue weighted by atomic mass is 35.6. The number of ketones is 1. The molecule has 0 amide bonds. The zero-order chi connectivity index (χ0) is 10.6. The van der Waals surface area contributed by atoms with Crippen LogP contribution in [-0.4, -0.2) is 21.6 Å². The van der Waals surface area contributed by atoms with Gasteiger partial charge in [-0.05, 0) is 13.8 Å². The molecule has 0 saturated heterocycles. The molecule has 0 N–H and O–H groups in total. The van der Waals surface area contributed by atoms with Crippen LogP contribution >= 0.6 is 34.8 Å². The Kier molecular flexibility index (Phi) is 5.04. The van der Waals surface area contributed by atoms with Gasteiger partial charge in [-0.1, -0.05) is 34.8 Å². The van der Waals surface area contributed by atoms with Crippen LogP contribution in [0.3, 0.4) is 0 Å². The maximum atomic E-state index is 11.0. The molecule has 0 radical (unpaired) electrons. The first kappa shape index (κ1) is 13.0. The van der Waals surface area contributed by atoms with Crippen LogP contribution in [0.15, 0.2) is 0 Å². The molecule has 76 valence electrons. The molecule has 6 heteroatoms. The Morgan fingerprint density at radius 3 is 2.08 bits per heavy atom. The highest BCUT2D eigenvalue weighted by Gasteiger charge is 2.32. The van der Waals surface area contributed by atoms with E-state index in [-0.39, 0.29) is 6.10 Å². The highest BCUT2D eigenvalue weighted by molar-refractivity contribution is 6.76. The molecule has 0 aliphatic carbocycles. The molecule has 0 heterocycles. The van der Waals surface area contributed by atoms with Crippen LogP contribution in [0.4, 0.5) is 0 Å². The molecule has 0 atom stereocenters. The zero-order valence-electron chi connectivity index (χ0n) is 7.14. The van der Waals surface area contributed by atoms with Gasteiger partial charge in [0.05, 0.1) is 6.10 Å². The fourth-order valence-electron chi connectivity index (χ4n) is 0.536. The third-order valence-electron chi connectivity index (χ3n) is 0.988. The second-order valence-electron chi connectivity index (χ2n) is 2.64. The molecule has 0 aromatic heterocycles. The van der Waals surface area contributed by atoms with Crippen molar-refractivity contribution in [3.63, 3.8) is 0 Å². The zero-order valence-corrected chi connectivity index (χ0v) is 9.41. The number of Topliss-reactive ketones (excluding diaryl/α,β-unsaturated/α-hetero) is 1. The van der Waals surface area contributed by atoms with Gasteiger partial charge in [-0.25, -0.2) is 0 Å². The van der Waals surface area contributed by atoms with E-state index < -0.39 is 22.0 Å². The average Bonchev–Trinajstić information content (AvgIpc) is 1.82. The fourth-order valence-corrected chi connectivity index (χ4v) is 0.736. The first-order valence-corrected chi connectivity index (χ1v) is 4.66. The van der Waals surface area contributed by atoms with Gasteiger partial charge in [0.25, 0.3) is 0 Å². The summed E-state index contributed by atoms with van der Waals surface area (Å²) in [6, 6.07) is 0. The molecule has 3 nitrogen and oxygen atoms in total. The van der Waals surface area contributed by atoms with Crippen molar-refractivity contribution in [2.45, 2.75) is 30.2 Å². The second-order valence-corrected chi connectivity index (χ2v) is 4.92. The minimum atomic E-state index is -2.05. The van der Waals surface area contributed by atoms with E-state index in [0.29, 0.717) is 0 Å². The maximum absolute atomic E-state index is 11.0. The summed E-state index contributed by atoms with van der Waals surface area (Å²) in [6.45, 7) is 3.33. The number of hydrogen-bond donors (Lipinski definition) is 0. The number of alkyl halides is 3. The average molecular weight is 248 g/mol. The first-order chi connectivity index (χ1) is 5.73. The van der Waals surface area contributed by atoms with Crippen molar-refractivity contribution >= 4 is 46.6 Å². The van der Waals surface area contributed by atoms with Gasteiger partial charge in [0.2, 0.25) is 3.79 Å². The summed E-state index contributed by atoms with van der Waals surface area (Å²) < 4.78 is 2.63. The van der Waals surface area contributed by atoms with E-state index >= 15 is 0 Å². The van der Waals surface area contributed by atoms with Gasteiger partial charge >= 0.3 is 5.97 Å². The molecule has 0 rings (SSSR count). The number of carbonyl (C=O) groups is 2. The van der Waals surface area contributed by atoms with Gasteiger partial charge < -0.3 is 4.74 Å². The van der Waals surface area contributed by atoms with Crippen molar-refractivity contribution in [1.82, 2.24) is 0 Å². The number of rotatable bonds is 3. The van der Waals surface area contributed by atoms with Gasteiger partial charge in [-0.2, -0.15) is 0 Å². The predicted octanol–water partition coefficient (Wildman–Crippen LogP) is 2.27. The third kappa shape index (κ3) is 6.13. The fraction of sp³-hybridized carbons (Fsp3) is 0.714. The van der Waals surface area contributed by atoms with Crippen LogP contribution in [0.1, 0.15) is 20.3 Å². The monoisotopic (exact) mass is 246 g/mol. The molecule has 0 fully saturated rings. The minimum Gasteiger partial charge on any atom is -0.463 e. The lowest BCUT2D eigenvalue weighted by molar-refractivity contribution is -0.149. The number of hydrogen-bond acceptors (Lipinski definition) is 3. The predicted molar refractivity (Wildman–Crippen MR) is 51.1 cm³/mol. The summed E-state index contributed by atoms with van der Waals surface area (Å²) in [5, 5.41) is 0. The molecule has 0 saturated carbocycles. The second kappa shape index (κ2) is 5.03. The van der Waals surface area contributed by atoms with Crippen LogP contribution in [0.5, 0.6) is 0 Å². The van der Waals surface area contributed by atoms with Gasteiger partial charge in [-0.15, -0.1) is 0 Å². The van der Waals surface area contributed by atoms with E-state index in [2.05, 4.69) is 4.74 Å². The quantitative estimate of drug-likeness (QED) is 0.436. The largest absolute Gasteiger partial charge is 0.463 e. The van der Waals surface area contributed by atoms with E-state index in [1.54, 1.807) is 13.8 Å². The molecule has 0 aliphatic heterocycles. The van der Waals surface area contributed by atoms with Crippen molar-refractivity contribution in [2.75, 3.05) is 0 Å². The molecular weight excluding hydrogens is 238 g/mol. The van der Waals surface area contributed by atoms with Gasteiger partial charge in [0, 0.05) is 0 Å². The normalized spacial score (nSPS) is 11.5. The Morgan fingerprint density at radius 2 is 1.77 bits per heavy atom. The summed E-state index contributed by atoms with van der Waals surface area (Å²) in [6.07, 6.45) is -0.801. The Hall–Kier alpha value is 0.01000. The Bertz CT molecular complexity index is 208. The van der Waals surface area contributed by atoms with Crippen LogP contribution in [0, 0.1) is 0 Å². The summed E-state index contributed by atoms with van der Waals surface area (Å²) in [5.74, 6) is -1.48. The Balaban J connectivity index is 4.01. The van der Waals surface area contributed by atoms with E-state index in [1.165, 1.54) is 0 Å². The summed E-state index contributed by atoms with van der Waals surface area (Å²) >= 11 is 15.7. The van der Waals surface area contributed by atoms with Crippen molar-refractivity contribution < 1.29 is 14.3 Å². The summed E-state index contributed by atoms with van der Waals surface area (Å²) in [5.41, 5.74) is 0. The van der Waals surface area contributed by atoms with Gasteiger partial charge in [0.1, 0.15) is 6.42 Å². The van der Waals surface area contributed by atoms with Crippen molar-refractivity contribution in [1.29, 1.82) is 0 Å². The lowest BCUT2D eigenvalue weighted by atomic mass is 10.3. The molecule has 13 heavy (non-hydrogen) atoms. The van der Waals surface area contributed by atoms with Crippen LogP contribution in [-0.2, 0) is 14.3 Å². The molecule has 0 spiro atoms. The van der Waals surface area contributed by atoms with Gasteiger partial charge in [0.15, 0.2) is 5.78 Å². The van der Waals surface area contributed by atoms with E-state index in [0.717, 1.165) is 0 Å². The molecule has 0 bridgehead atoms. The van der Waals surface area contributed by atoms with Crippen LogP contribution in [0.2, 0.25) is 0 Å². The molecular formula is C7H9Cl3O3. The maximum Gasteiger partial charge on any atom is 0.313 e. The Labute approximate surface area is 91.3 Å². The van der Waals surface area contributed by atoms with Crippen LogP contribution < -0.4 is 0 Å². The standard InChI is InChI=1S/C7H9Cl3O3/c1-4(2)13-6(12)3-5(11)7(8,9)10/h4H,3H2,1-2H3. The lowest BCUT2D eigenvalue weighted by Gasteiger charge is -2.10. The van der Waals surface area contributed by atoms with Crippen molar-refractivity contribution in [2.24, 2.45) is 0 Å². The van der Waals surface area contributed by atoms with Gasteiger partial charge in [-0.3, -0.25) is 9.59 Å². The summed E-state index contributed by atoms with van der Waals surface area (Å²) in [7, 11) is 0. The summed E-state index contributed by atoms with van der Waals surface area (Å²) in [4.78, 5) is 21.9. The number of halogens is 3. The topological polar surface area (TPSA) is 43.4 Å². The van der Waals surface area contributed by atoms with E-state index in [4.69, 9.17) is 34.8 Å². The molecule has 0 aromatic carbocycles. The molecule has 0 aromatic rings. The number of ether oxygens (including phenoxy) is 1. The number of esters is 1. The highest BCUT2D eigenvalue weighted by Crippen LogP contribution is 2.28. The van der Waals surface area contributed by atoms with Crippen molar-refractivity contribution in [3.05, 3.63) is 0 Å². The van der Waals surface area contributed by atoms with Crippen LogP contribution in [0.25, 0.3) is 0 Å². The number of carbonyl (C=O) groups excluding carboxylic acids is 2. The van der Waals surface area contributed by atoms with E-state index in [9.17, 15) is 9.59 Å². The lowest BCUT2D eigenvalue weighted by Crippen LogP contribution is -2.24. The SMILES string of the molecule is CC(C)OC(=O)CC(=O)C(Cl)(Cl)Cl. The van der Waals surface area contributed by atoms with E-state index in [1.807, 2.05) is 0 Å². The third-order valence-corrected chi connectivity index (χ3v) is 1.62. The smallest absolute Gasteiger partial charge is 0.313 e. The first-order valence-electron chi connectivity index (χ1n) is 3.53.